The van der Waals surface area contributed by atoms with E-state index in [0.29, 0.717) is 42.8 Å². The first-order chi connectivity index (χ1) is 19.3. The van der Waals surface area contributed by atoms with Gasteiger partial charge in [-0.05, 0) is 59.7 Å². The highest BCUT2D eigenvalue weighted by molar-refractivity contribution is 8.00. The monoisotopic (exact) mass is 613 g/mol. The zero-order valence-electron chi connectivity index (χ0n) is 21.1. The van der Waals surface area contributed by atoms with Crippen LogP contribution in [0.5, 0.6) is 11.5 Å². The number of thioether (sulfide) groups is 1. The number of aromatic nitrogens is 2. The van der Waals surface area contributed by atoms with E-state index in [0.717, 1.165) is 5.56 Å². The van der Waals surface area contributed by atoms with Crippen molar-refractivity contribution in [2.45, 2.75) is 16.1 Å². The number of amides is 1. The third-order valence-electron chi connectivity index (χ3n) is 6.16. The van der Waals surface area contributed by atoms with Crippen molar-refractivity contribution in [1.82, 2.24) is 10.2 Å². The van der Waals surface area contributed by atoms with Gasteiger partial charge in [-0.15, -0.1) is 10.2 Å². The van der Waals surface area contributed by atoms with Gasteiger partial charge in [0, 0.05) is 21.4 Å². The molecule has 40 heavy (non-hydrogen) atoms. The molecule has 5 rings (SSSR count). The van der Waals surface area contributed by atoms with Gasteiger partial charge in [-0.2, -0.15) is 0 Å². The van der Waals surface area contributed by atoms with Gasteiger partial charge in [-0.3, -0.25) is 14.5 Å². The summed E-state index contributed by atoms with van der Waals surface area (Å²) < 4.78 is 11.4. The van der Waals surface area contributed by atoms with Crippen LogP contribution in [0.25, 0.3) is 5.76 Å². The molecule has 8 nitrogen and oxygen atoms in total. The zero-order chi connectivity index (χ0) is 28.4. The van der Waals surface area contributed by atoms with Crippen LogP contribution in [-0.4, -0.2) is 41.2 Å². The number of aliphatic hydroxyl groups excluding tert-OH is 1. The normalized spacial score (nSPS) is 16.4. The van der Waals surface area contributed by atoms with E-state index >= 15 is 0 Å². The molecule has 0 spiro atoms. The number of hydrogen-bond acceptors (Lipinski definition) is 9. The van der Waals surface area contributed by atoms with Gasteiger partial charge in [-0.25, -0.2) is 0 Å². The Morgan fingerprint density at radius 1 is 0.950 bits per heavy atom. The second kappa shape index (κ2) is 11.9. The van der Waals surface area contributed by atoms with Crippen molar-refractivity contribution < 1.29 is 24.2 Å². The van der Waals surface area contributed by atoms with Gasteiger partial charge >= 0.3 is 5.91 Å². The first kappa shape index (κ1) is 28.0. The van der Waals surface area contributed by atoms with Gasteiger partial charge in [0.05, 0.1) is 25.8 Å². The standard InChI is InChI=1S/C28H21Cl2N3O5S2/c1-37-20-12-7-17(13-21(20)38-2)23-22(24(34)16-5-10-19(30)11-6-16)25(35)26(36)33(23)27-31-32-28(40-27)39-14-15-3-8-18(29)9-4-15/h3-13,23,34H,14H2,1-2H3/b24-22-. The van der Waals surface area contributed by atoms with E-state index in [1.54, 1.807) is 42.5 Å². The van der Waals surface area contributed by atoms with Gasteiger partial charge in [-0.1, -0.05) is 64.5 Å². The molecule has 4 aromatic rings. The van der Waals surface area contributed by atoms with Crippen LogP contribution < -0.4 is 14.4 Å². The molecule has 1 fully saturated rings. The van der Waals surface area contributed by atoms with Gasteiger partial charge in [0.1, 0.15) is 5.76 Å². The second-order valence-electron chi connectivity index (χ2n) is 8.56. The lowest BCUT2D eigenvalue weighted by Crippen LogP contribution is -2.29. The number of carbonyl (C=O) groups is 2. The molecule has 0 bridgehead atoms. The molecule has 1 atom stereocenters. The SMILES string of the molecule is COc1ccc(C2/C(=C(/O)c3ccc(Cl)cc3)C(=O)C(=O)N2c2nnc(SCc3ccc(Cl)cc3)s2)cc1OC. The minimum absolute atomic E-state index is 0.0925. The lowest BCUT2D eigenvalue weighted by atomic mass is 9.95. The number of rotatable bonds is 8. The van der Waals surface area contributed by atoms with Crippen molar-refractivity contribution >= 4 is 68.9 Å². The molecule has 1 amide bonds. The third-order valence-corrected chi connectivity index (χ3v) is 8.79. The maximum Gasteiger partial charge on any atom is 0.301 e. The first-order valence-corrected chi connectivity index (χ1v) is 14.4. The van der Waals surface area contributed by atoms with Crippen LogP contribution in [0.3, 0.4) is 0 Å². The fraction of sp³-hybridized carbons (Fsp3) is 0.143. The number of aliphatic hydroxyl groups is 1. The largest absolute Gasteiger partial charge is 0.507 e. The fourth-order valence-corrected chi connectivity index (χ4v) is 6.29. The molecule has 1 aliphatic rings. The molecule has 1 N–H and O–H groups in total. The summed E-state index contributed by atoms with van der Waals surface area (Å²) in [7, 11) is 3.00. The molecule has 2 heterocycles. The molecule has 12 heteroatoms. The average molecular weight is 615 g/mol. The molecule has 1 aromatic heterocycles. The number of carbonyl (C=O) groups excluding carboxylic acids is 2. The van der Waals surface area contributed by atoms with Gasteiger partial charge in [0.25, 0.3) is 5.78 Å². The van der Waals surface area contributed by atoms with E-state index in [-0.39, 0.29) is 16.5 Å². The van der Waals surface area contributed by atoms with Gasteiger partial charge in [0.2, 0.25) is 5.13 Å². The number of benzene rings is 3. The Labute approximate surface area is 248 Å². The molecule has 1 saturated heterocycles. The zero-order valence-corrected chi connectivity index (χ0v) is 24.3. The summed E-state index contributed by atoms with van der Waals surface area (Å²) >= 11 is 14.6. The second-order valence-corrected chi connectivity index (χ2v) is 11.6. The summed E-state index contributed by atoms with van der Waals surface area (Å²) in [5, 5.41) is 21.1. The maximum absolute atomic E-state index is 13.5. The van der Waals surface area contributed by atoms with Crippen LogP contribution in [0.1, 0.15) is 22.7 Å². The third kappa shape index (κ3) is 5.53. The Morgan fingerprint density at radius 2 is 1.60 bits per heavy atom. The van der Waals surface area contributed by atoms with Crippen LogP contribution in [0.15, 0.2) is 76.6 Å². The lowest BCUT2D eigenvalue weighted by molar-refractivity contribution is -0.132. The smallest absolute Gasteiger partial charge is 0.301 e. The summed E-state index contributed by atoms with van der Waals surface area (Å²) in [6, 6.07) is 17.8. The van der Waals surface area contributed by atoms with Crippen molar-refractivity contribution in [2.24, 2.45) is 0 Å². The van der Waals surface area contributed by atoms with Crippen molar-refractivity contribution in [2.75, 3.05) is 19.1 Å². The van der Waals surface area contributed by atoms with E-state index in [1.807, 2.05) is 24.3 Å². The van der Waals surface area contributed by atoms with Crippen LogP contribution in [0.2, 0.25) is 10.0 Å². The molecular formula is C28H21Cl2N3O5S2. The number of methoxy groups -OCH3 is 2. The Bertz CT molecular complexity index is 1610. The van der Waals surface area contributed by atoms with E-state index in [1.165, 1.54) is 42.2 Å². The number of ketones is 1. The number of nitrogens with zero attached hydrogens (tertiary/aromatic N) is 3. The number of hydrogen-bond donors (Lipinski definition) is 1. The van der Waals surface area contributed by atoms with E-state index in [2.05, 4.69) is 10.2 Å². The van der Waals surface area contributed by atoms with Crippen molar-refractivity contribution in [3.8, 4) is 11.5 Å². The predicted octanol–water partition coefficient (Wildman–Crippen LogP) is 6.78. The number of halogens is 2. The highest BCUT2D eigenvalue weighted by Crippen LogP contribution is 2.45. The molecule has 1 aliphatic heterocycles. The average Bonchev–Trinajstić information content (AvgIpc) is 3.54. The minimum Gasteiger partial charge on any atom is -0.507 e. The molecule has 0 aliphatic carbocycles. The number of ether oxygens (including phenoxy) is 2. The predicted molar refractivity (Wildman–Crippen MR) is 157 cm³/mol. The Balaban J connectivity index is 1.57. The summed E-state index contributed by atoms with van der Waals surface area (Å²) in [6.07, 6.45) is 0. The molecule has 3 aromatic carbocycles. The van der Waals surface area contributed by atoms with Crippen LogP contribution >= 0.6 is 46.3 Å². The molecule has 1 unspecified atom stereocenters. The Kier molecular flexibility index (Phi) is 8.32. The van der Waals surface area contributed by atoms with Gasteiger partial charge < -0.3 is 14.6 Å². The molecule has 0 radical (unpaired) electrons. The van der Waals surface area contributed by atoms with Crippen molar-refractivity contribution in [3.63, 3.8) is 0 Å². The molecular weight excluding hydrogens is 593 g/mol. The summed E-state index contributed by atoms with van der Waals surface area (Å²) in [5.41, 5.74) is 1.80. The van der Waals surface area contributed by atoms with E-state index in [9.17, 15) is 14.7 Å². The first-order valence-electron chi connectivity index (χ1n) is 11.8. The summed E-state index contributed by atoms with van der Waals surface area (Å²) in [6.45, 7) is 0. The molecule has 0 saturated carbocycles. The number of anilines is 1. The number of Topliss-reactive ketones (excluding diaryl/α,β-unsaturated/α-hetero) is 1. The van der Waals surface area contributed by atoms with Gasteiger partial charge in [0.15, 0.2) is 15.8 Å². The topological polar surface area (TPSA) is 102 Å². The fourth-order valence-electron chi connectivity index (χ4n) is 4.22. The van der Waals surface area contributed by atoms with Crippen LogP contribution in [-0.2, 0) is 15.3 Å². The minimum atomic E-state index is -1.00. The van der Waals surface area contributed by atoms with Crippen molar-refractivity contribution in [3.05, 3.63) is 99.0 Å². The quantitative estimate of drug-likeness (QED) is 0.0762. The Morgan fingerprint density at radius 3 is 2.25 bits per heavy atom. The van der Waals surface area contributed by atoms with Crippen LogP contribution in [0.4, 0.5) is 5.13 Å². The highest BCUT2D eigenvalue weighted by atomic mass is 35.5. The molecule has 204 valence electrons. The lowest BCUT2D eigenvalue weighted by Gasteiger charge is -2.23. The highest BCUT2D eigenvalue weighted by Gasteiger charge is 2.48. The Hall–Kier alpha value is -3.57. The van der Waals surface area contributed by atoms with E-state index < -0.39 is 17.7 Å². The summed E-state index contributed by atoms with van der Waals surface area (Å²) in [5.74, 6) is -0.538. The maximum atomic E-state index is 13.5. The van der Waals surface area contributed by atoms with E-state index in [4.69, 9.17) is 32.7 Å². The summed E-state index contributed by atoms with van der Waals surface area (Å²) in [4.78, 5) is 28.1. The van der Waals surface area contributed by atoms with Crippen molar-refractivity contribution in [1.29, 1.82) is 0 Å². The van der Waals surface area contributed by atoms with Crippen LogP contribution in [0, 0.1) is 0 Å².